The maximum Gasteiger partial charge on any atom is 0.235 e. The van der Waals surface area contributed by atoms with Crippen molar-refractivity contribution in [2.45, 2.75) is 32.7 Å². The van der Waals surface area contributed by atoms with Crippen molar-refractivity contribution in [3.05, 3.63) is 70.3 Å². The number of benzene rings is 2. The highest BCUT2D eigenvalue weighted by Crippen LogP contribution is 2.37. The van der Waals surface area contributed by atoms with Crippen LogP contribution in [0.2, 0.25) is 0 Å². The van der Waals surface area contributed by atoms with Crippen LogP contribution in [-0.4, -0.2) is 28.3 Å². The number of unbranched alkanes of at least 4 members (excludes halogenated alkanes) is 1. The average Bonchev–Trinajstić information content (AvgIpc) is 2.67. The van der Waals surface area contributed by atoms with E-state index in [2.05, 4.69) is 5.32 Å². The number of aliphatic hydroxyl groups is 1. The first-order valence-corrected chi connectivity index (χ1v) is 9.10. The highest BCUT2D eigenvalue weighted by atomic mass is 16.3. The second kappa shape index (κ2) is 7.76. The SMILES string of the molecule is CCCCNC(C1=C(O)c2ccccc2C(=O)C1=O)c1cc(C)ccc1O. The molecule has 0 aliphatic heterocycles. The number of aryl methyl sites for hydroxylation is 1. The summed E-state index contributed by atoms with van der Waals surface area (Å²) in [5.74, 6) is -1.60. The summed E-state index contributed by atoms with van der Waals surface area (Å²) < 4.78 is 0. The van der Waals surface area contributed by atoms with Crippen molar-refractivity contribution < 1.29 is 19.8 Å². The van der Waals surface area contributed by atoms with E-state index in [1.54, 1.807) is 36.4 Å². The number of aromatic hydroxyl groups is 1. The van der Waals surface area contributed by atoms with Crippen molar-refractivity contribution in [1.82, 2.24) is 5.32 Å². The smallest absolute Gasteiger partial charge is 0.235 e. The summed E-state index contributed by atoms with van der Waals surface area (Å²) in [6.45, 7) is 4.50. The minimum Gasteiger partial charge on any atom is -0.508 e. The van der Waals surface area contributed by atoms with E-state index < -0.39 is 17.6 Å². The Morgan fingerprint density at radius 1 is 1.00 bits per heavy atom. The van der Waals surface area contributed by atoms with Crippen molar-refractivity contribution in [3.63, 3.8) is 0 Å². The van der Waals surface area contributed by atoms with Gasteiger partial charge in [-0.15, -0.1) is 0 Å². The fourth-order valence-electron chi connectivity index (χ4n) is 3.35. The third kappa shape index (κ3) is 3.51. The lowest BCUT2D eigenvalue weighted by Gasteiger charge is -2.26. The van der Waals surface area contributed by atoms with Gasteiger partial charge in [0.2, 0.25) is 11.6 Å². The molecule has 1 aliphatic carbocycles. The van der Waals surface area contributed by atoms with E-state index >= 15 is 0 Å². The number of ketones is 2. The third-order valence-electron chi connectivity index (χ3n) is 4.79. The molecule has 0 spiro atoms. The molecule has 2 aromatic carbocycles. The molecule has 0 amide bonds. The summed E-state index contributed by atoms with van der Waals surface area (Å²) >= 11 is 0. The first kappa shape index (κ1) is 18.9. The number of nitrogens with one attached hydrogen (secondary N) is 1. The largest absolute Gasteiger partial charge is 0.508 e. The van der Waals surface area contributed by atoms with Gasteiger partial charge in [-0.25, -0.2) is 0 Å². The number of fused-ring (bicyclic) bond motifs is 1. The summed E-state index contributed by atoms with van der Waals surface area (Å²) in [6.07, 6.45) is 1.80. The van der Waals surface area contributed by atoms with Gasteiger partial charge in [0.1, 0.15) is 11.5 Å². The number of aliphatic hydroxyl groups excluding tert-OH is 1. The zero-order chi connectivity index (χ0) is 19.6. The maximum atomic E-state index is 12.9. The number of hydrogen-bond donors (Lipinski definition) is 3. The molecule has 0 saturated heterocycles. The Morgan fingerprint density at radius 2 is 1.70 bits per heavy atom. The number of phenolic OH excluding ortho intramolecular Hbond substituents is 1. The standard InChI is InChI=1S/C22H23NO4/c1-3-4-11-23-19(16-12-13(2)9-10-17(16)24)18-20(25)14-7-5-6-8-15(14)21(26)22(18)27/h5-10,12,19,23-25H,3-4,11H2,1-2H3. The Hall–Kier alpha value is -2.92. The molecular formula is C22H23NO4. The minimum absolute atomic E-state index is 0.00834. The summed E-state index contributed by atoms with van der Waals surface area (Å²) in [5, 5.41) is 24.5. The lowest BCUT2D eigenvalue weighted by atomic mass is 9.82. The van der Waals surface area contributed by atoms with E-state index in [0.29, 0.717) is 17.7 Å². The number of Topliss-reactive ketones (excluding diaryl/α,β-unsaturated/α-hetero) is 2. The molecule has 0 radical (unpaired) electrons. The Kier molecular flexibility index (Phi) is 5.42. The zero-order valence-electron chi connectivity index (χ0n) is 15.5. The summed E-state index contributed by atoms with van der Waals surface area (Å²) in [6, 6.07) is 10.8. The van der Waals surface area contributed by atoms with Gasteiger partial charge in [-0.3, -0.25) is 9.59 Å². The molecule has 0 bridgehead atoms. The van der Waals surface area contributed by atoms with Gasteiger partial charge < -0.3 is 15.5 Å². The van der Waals surface area contributed by atoms with E-state index in [0.717, 1.165) is 18.4 Å². The van der Waals surface area contributed by atoms with E-state index in [4.69, 9.17) is 0 Å². The van der Waals surface area contributed by atoms with Crippen LogP contribution in [0.15, 0.2) is 48.0 Å². The van der Waals surface area contributed by atoms with Gasteiger partial charge in [-0.05, 0) is 26.0 Å². The number of carbonyl (C=O) groups is 2. The van der Waals surface area contributed by atoms with Crippen LogP contribution < -0.4 is 5.32 Å². The van der Waals surface area contributed by atoms with Crippen molar-refractivity contribution in [3.8, 4) is 5.75 Å². The van der Waals surface area contributed by atoms with Crippen molar-refractivity contribution in [1.29, 1.82) is 0 Å². The molecule has 2 aromatic rings. The minimum atomic E-state index is -0.777. The van der Waals surface area contributed by atoms with Gasteiger partial charge in [-0.1, -0.05) is 55.3 Å². The number of hydrogen-bond acceptors (Lipinski definition) is 5. The quantitative estimate of drug-likeness (QED) is 0.534. The Morgan fingerprint density at radius 3 is 2.41 bits per heavy atom. The normalized spacial score (nSPS) is 15.0. The molecule has 140 valence electrons. The van der Waals surface area contributed by atoms with E-state index in [1.165, 1.54) is 6.07 Å². The molecule has 1 atom stereocenters. The Labute approximate surface area is 158 Å². The predicted octanol–water partition coefficient (Wildman–Crippen LogP) is 3.87. The highest BCUT2D eigenvalue weighted by Gasteiger charge is 2.38. The van der Waals surface area contributed by atoms with Gasteiger partial charge in [0, 0.05) is 16.7 Å². The first-order valence-electron chi connectivity index (χ1n) is 9.10. The highest BCUT2D eigenvalue weighted by molar-refractivity contribution is 6.52. The molecular weight excluding hydrogens is 342 g/mol. The van der Waals surface area contributed by atoms with Crippen LogP contribution in [0.5, 0.6) is 5.75 Å². The predicted molar refractivity (Wildman–Crippen MR) is 104 cm³/mol. The third-order valence-corrected chi connectivity index (χ3v) is 4.79. The van der Waals surface area contributed by atoms with Gasteiger partial charge in [-0.2, -0.15) is 0 Å². The maximum absolute atomic E-state index is 12.9. The van der Waals surface area contributed by atoms with Gasteiger partial charge in [0.05, 0.1) is 11.6 Å². The van der Waals surface area contributed by atoms with Gasteiger partial charge in [0.15, 0.2) is 0 Å². The van der Waals surface area contributed by atoms with Crippen LogP contribution in [-0.2, 0) is 4.79 Å². The van der Waals surface area contributed by atoms with Crippen LogP contribution in [0.3, 0.4) is 0 Å². The molecule has 0 fully saturated rings. The fraction of sp³-hybridized carbons (Fsp3) is 0.273. The number of rotatable bonds is 6. The van der Waals surface area contributed by atoms with E-state index in [-0.39, 0.29) is 22.6 Å². The Balaban J connectivity index is 2.17. The van der Waals surface area contributed by atoms with Crippen LogP contribution in [0.25, 0.3) is 5.76 Å². The molecule has 3 N–H and O–H groups in total. The molecule has 5 nitrogen and oxygen atoms in total. The Bertz CT molecular complexity index is 930. The van der Waals surface area contributed by atoms with E-state index in [9.17, 15) is 19.8 Å². The lowest BCUT2D eigenvalue weighted by Crippen LogP contribution is -2.34. The number of phenols is 1. The van der Waals surface area contributed by atoms with Crippen LogP contribution >= 0.6 is 0 Å². The zero-order valence-corrected chi connectivity index (χ0v) is 15.5. The first-order chi connectivity index (χ1) is 13.0. The van der Waals surface area contributed by atoms with Crippen LogP contribution in [0.4, 0.5) is 0 Å². The molecule has 0 aromatic heterocycles. The topological polar surface area (TPSA) is 86.6 Å². The second-order valence-electron chi connectivity index (χ2n) is 6.77. The van der Waals surface area contributed by atoms with E-state index in [1.807, 2.05) is 13.8 Å². The monoisotopic (exact) mass is 365 g/mol. The lowest BCUT2D eigenvalue weighted by molar-refractivity contribution is -0.112. The summed E-state index contributed by atoms with van der Waals surface area (Å²) in [4.78, 5) is 25.5. The number of carbonyl (C=O) groups excluding carboxylic acids is 2. The average molecular weight is 365 g/mol. The molecule has 3 rings (SSSR count). The fourth-order valence-corrected chi connectivity index (χ4v) is 3.35. The molecule has 1 unspecified atom stereocenters. The molecule has 1 aliphatic rings. The summed E-state index contributed by atoms with van der Waals surface area (Å²) in [7, 11) is 0. The van der Waals surface area contributed by atoms with Crippen molar-refractivity contribution in [2.75, 3.05) is 6.54 Å². The van der Waals surface area contributed by atoms with Gasteiger partial charge in [0.25, 0.3) is 0 Å². The molecule has 0 heterocycles. The second-order valence-corrected chi connectivity index (χ2v) is 6.77. The molecule has 5 heteroatoms. The van der Waals surface area contributed by atoms with Crippen molar-refractivity contribution >= 4 is 17.3 Å². The molecule has 0 saturated carbocycles. The summed E-state index contributed by atoms with van der Waals surface area (Å²) in [5.41, 5.74) is 1.89. The van der Waals surface area contributed by atoms with Crippen molar-refractivity contribution in [2.24, 2.45) is 0 Å². The van der Waals surface area contributed by atoms with Crippen LogP contribution in [0, 0.1) is 6.92 Å². The van der Waals surface area contributed by atoms with Gasteiger partial charge >= 0.3 is 0 Å². The van der Waals surface area contributed by atoms with Crippen LogP contribution in [0.1, 0.15) is 52.9 Å². The molecule has 27 heavy (non-hydrogen) atoms.